The van der Waals surface area contributed by atoms with Gasteiger partial charge in [-0.25, -0.2) is 8.42 Å². The number of sulfonamides is 1. The molecular formula is C25H27NO4S. The highest BCUT2D eigenvalue weighted by atomic mass is 32.2. The second-order valence-corrected chi connectivity index (χ2v) is 9.76. The molecule has 0 amide bonds. The molecule has 1 N–H and O–H groups in total. The van der Waals surface area contributed by atoms with Gasteiger partial charge in [-0.2, -0.15) is 4.72 Å². The molecule has 0 fully saturated rings. The molecule has 0 saturated heterocycles. The molecule has 1 atom stereocenters. The zero-order chi connectivity index (χ0) is 22.6. The molecular weight excluding hydrogens is 410 g/mol. The van der Waals surface area contributed by atoms with Crippen LogP contribution >= 0.6 is 0 Å². The largest absolute Gasteiger partial charge is 0.497 e. The maximum atomic E-state index is 13.6. The van der Waals surface area contributed by atoms with Crippen LogP contribution < -0.4 is 9.46 Å². The Morgan fingerprint density at radius 2 is 1.48 bits per heavy atom. The Kier molecular flexibility index (Phi) is 6.62. The first-order valence-electron chi connectivity index (χ1n) is 9.98. The van der Waals surface area contributed by atoms with Gasteiger partial charge in [0.15, 0.2) is 5.78 Å². The molecule has 3 rings (SSSR count). The maximum Gasteiger partial charge on any atom is 0.241 e. The third-order valence-corrected chi connectivity index (χ3v) is 6.92. The Hall–Kier alpha value is -2.96. The molecule has 0 saturated carbocycles. The van der Waals surface area contributed by atoms with Crippen molar-refractivity contribution in [3.05, 3.63) is 95.6 Å². The summed E-state index contributed by atoms with van der Waals surface area (Å²) in [5, 5.41) is 0. The average molecular weight is 438 g/mol. The summed E-state index contributed by atoms with van der Waals surface area (Å²) in [7, 11) is -2.38. The van der Waals surface area contributed by atoms with Gasteiger partial charge in [0, 0.05) is 11.0 Å². The van der Waals surface area contributed by atoms with E-state index in [-0.39, 0.29) is 10.7 Å². The lowest BCUT2D eigenvalue weighted by molar-refractivity contribution is 0.0916. The third-order valence-electron chi connectivity index (χ3n) is 5.48. The van der Waals surface area contributed by atoms with E-state index < -0.39 is 21.5 Å². The number of rotatable bonds is 8. The standard InChI is InChI=1S/C25H27NO4S/c1-18-10-16-22(17-11-18)31(28,29)26-24(25(2,3)20-8-6-5-7-9-20)23(27)19-12-14-21(30-4)15-13-19/h5-17,24,26H,1-4H3/t24-/m1/s1. The van der Waals surface area contributed by atoms with Crippen LogP contribution in [0.25, 0.3) is 0 Å². The summed E-state index contributed by atoms with van der Waals surface area (Å²) in [4.78, 5) is 13.7. The van der Waals surface area contributed by atoms with Crippen molar-refractivity contribution in [3.8, 4) is 5.75 Å². The fourth-order valence-corrected chi connectivity index (χ4v) is 4.77. The Morgan fingerprint density at radius 3 is 2.03 bits per heavy atom. The van der Waals surface area contributed by atoms with Crippen molar-refractivity contribution in [1.82, 2.24) is 4.72 Å². The molecule has 6 heteroatoms. The molecule has 31 heavy (non-hydrogen) atoms. The number of methoxy groups -OCH3 is 1. The number of carbonyl (C=O) groups is 1. The van der Waals surface area contributed by atoms with Crippen LogP contribution in [0.3, 0.4) is 0 Å². The van der Waals surface area contributed by atoms with Gasteiger partial charge in [0.05, 0.1) is 18.0 Å². The van der Waals surface area contributed by atoms with Gasteiger partial charge in [-0.05, 0) is 48.9 Å². The molecule has 0 radical (unpaired) electrons. The molecule has 162 valence electrons. The summed E-state index contributed by atoms with van der Waals surface area (Å²) in [5.74, 6) is 0.308. The van der Waals surface area contributed by atoms with E-state index in [9.17, 15) is 13.2 Å². The van der Waals surface area contributed by atoms with Gasteiger partial charge in [-0.3, -0.25) is 4.79 Å². The van der Waals surface area contributed by atoms with Crippen molar-refractivity contribution < 1.29 is 17.9 Å². The highest BCUT2D eigenvalue weighted by Gasteiger charge is 2.40. The van der Waals surface area contributed by atoms with Crippen LogP contribution in [0.15, 0.2) is 83.8 Å². The first-order valence-corrected chi connectivity index (χ1v) is 11.5. The number of aryl methyl sites for hydroxylation is 1. The lowest BCUT2D eigenvalue weighted by Gasteiger charge is -2.34. The Bertz CT molecular complexity index is 1140. The number of benzene rings is 3. The molecule has 0 aliphatic rings. The molecule has 0 aromatic heterocycles. The van der Waals surface area contributed by atoms with Crippen LogP contribution in [0.4, 0.5) is 0 Å². The minimum absolute atomic E-state index is 0.120. The molecule has 5 nitrogen and oxygen atoms in total. The first-order chi connectivity index (χ1) is 14.6. The van der Waals surface area contributed by atoms with Gasteiger partial charge in [0.25, 0.3) is 0 Å². The normalized spacial score (nSPS) is 12.9. The average Bonchev–Trinajstić information content (AvgIpc) is 2.78. The van der Waals surface area contributed by atoms with E-state index in [0.717, 1.165) is 11.1 Å². The van der Waals surface area contributed by atoms with Gasteiger partial charge in [-0.15, -0.1) is 0 Å². The van der Waals surface area contributed by atoms with Gasteiger partial charge < -0.3 is 4.74 Å². The van der Waals surface area contributed by atoms with Crippen molar-refractivity contribution in [2.75, 3.05) is 7.11 Å². The number of ether oxygens (including phenoxy) is 1. The van der Waals surface area contributed by atoms with E-state index in [1.54, 1.807) is 55.6 Å². The van der Waals surface area contributed by atoms with Crippen LogP contribution in [0.2, 0.25) is 0 Å². The van der Waals surface area contributed by atoms with Crippen LogP contribution in [0.5, 0.6) is 5.75 Å². The fourth-order valence-electron chi connectivity index (χ4n) is 3.43. The summed E-state index contributed by atoms with van der Waals surface area (Å²) < 4.78 is 34.2. The van der Waals surface area contributed by atoms with Crippen molar-refractivity contribution >= 4 is 15.8 Å². The Balaban J connectivity index is 2.05. The molecule has 0 aliphatic heterocycles. The second kappa shape index (κ2) is 9.04. The van der Waals surface area contributed by atoms with Gasteiger partial charge >= 0.3 is 0 Å². The van der Waals surface area contributed by atoms with E-state index in [4.69, 9.17) is 4.74 Å². The van der Waals surface area contributed by atoms with E-state index in [2.05, 4.69) is 4.72 Å². The van der Waals surface area contributed by atoms with Crippen LogP contribution in [0.1, 0.15) is 35.3 Å². The van der Waals surface area contributed by atoms with E-state index in [1.165, 1.54) is 0 Å². The zero-order valence-electron chi connectivity index (χ0n) is 18.1. The predicted molar refractivity (Wildman–Crippen MR) is 122 cm³/mol. The Morgan fingerprint density at radius 1 is 0.903 bits per heavy atom. The van der Waals surface area contributed by atoms with Crippen molar-refractivity contribution in [1.29, 1.82) is 0 Å². The molecule has 0 aliphatic carbocycles. The number of ketones is 1. The quantitative estimate of drug-likeness (QED) is 0.526. The summed E-state index contributed by atoms with van der Waals surface area (Å²) in [6, 6.07) is 21.6. The highest BCUT2D eigenvalue weighted by Crippen LogP contribution is 2.31. The minimum atomic E-state index is -3.93. The SMILES string of the molecule is COc1ccc(C(=O)[C@@H](NS(=O)(=O)c2ccc(C)cc2)C(C)(C)c2ccccc2)cc1. The third kappa shape index (κ3) is 5.03. The summed E-state index contributed by atoms with van der Waals surface area (Å²) >= 11 is 0. The summed E-state index contributed by atoms with van der Waals surface area (Å²) in [6.45, 7) is 5.62. The summed E-state index contributed by atoms with van der Waals surface area (Å²) in [5.41, 5.74) is 1.40. The Labute approximate surface area is 184 Å². The molecule has 0 spiro atoms. The number of hydrogen-bond acceptors (Lipinski definition) is 4. The molecule has 0 heterocycles. The van der Waals surface area contributed by atoms with Gasteiger partial charge in [-0.1, -0.05) is 61.9 Å². The molecule has 3 aromatic carbocycles. The van der Waals surface area contributed by atoms with Gasteiger partial charge in [0.1, 0.15) is 5.75 Å². The molecule has 3 aromatic rings. The van der Waals surface area contributed by atoms with Crippen molar-refractivity contribution in [3.63, 3.8) is 0 Å². The lowest BCUT2D eigenvalue weighted by atomic mass is 9.75. The number of carbonyl (C=O) groups excluding carboxylic acids is 1. The van der Waals surface area contributed by atoms with E-state index in [0.29, 0.717) is 11.3 Å². The highest BCUT2D eigenvalue weighted by molar-refractivity contribution is 7.89. The summed E-state index contributed by atoms with van der Waals surface area (Å²) in [6.07, 6.45) is 0. The smallest absolute Gasteiger partial charge is 0.241 e. The zero-order valence-corrected chi connectivity index (χ0v) is 18.9. The number of Topliss-reactive ketones (excluding diaryl/α,β-unsaturated/α-hetero) is 1. The van der Waals surface area contributed by atoms with E-state index in [1.807, 2.05) is 51.1 Å². The predicted octanol–water partition coefficient (Wildman–Crippen LogP) is 4.51. The number of hydrogen-bond donors (Lipinski definition) is 1. The first kappa shape index (κ1) is 22.7. The van der Waals surface area contributed by atoms with Crippen molar-refractivity contribution in [2.45, 2.75) is 37.1 Å². The van der Waals surface area contributed by atoms with Gasteiger partial charge in [0.2, 0.25) is 10.0 Å². The lowest BCUT2D eigenvalue weighted by Crippen LogP contribution is -2.52. The van der Waals surface area contributed by atoms with Crippen molar-refractivity contribution in [2.24, 2.45) is 0 Å². The van der Waals surface area contributed by atoms with Crippen LogP contribution in [-0.2, 0) is 15.4 Å². The second-order valence-electron chi connectivity index (χ2n) is 8.05. The maximum absolute atomic E-state index is 13.6. The number of nitrogens with one attached hydrogen (secondary N) is 1. The topological polar surface area (TPSA) is 72.5 Å². The fraction of sp³-hybridized carbons (Fsp3) is 0.240. The molecule has 0 bridgehead atoms. The monoisotopic (exact) mass is 437 g/mol. The minimum Gasteiger partial charge on any atom is -0.497 e. The van der Waals surface area contributed by atoms with Crippen LogP contribution in [0, 0.1) is 6.92 Å². The van der Waals surface area contributed by atoms with Crippen LogP contribution in [-0.4, -0.2) is 27.4 Å². The van der Waals surface area contributed by atoms with E-state index >= 15 is 0 Å². The molecule has 0 unspecified atom stereocenters.